The van der Waals surface area contributed by atoms with Gasteiger partial charge in [-0.3, -0.25) is 0 Å². The molecular formula is C15H18BrN3. The molecule has 0 radical (unpaired) electrons. The molecule has 1 N–H and O–H groups in total. The topological polar surface area (TPSA) is 37.8 Å². The summed E-state index contributed by atoms with van der Waals surface area (Å²) in [4.78, 5) is 9.30. The zero-order valence-corrected chi connectivity index (χ0v) is 12.7. The maximum atomic E-state index is 4.74. The third kappa shape index (κ3) is 2.79. The SMILES string of the molecule is Cc1nc(C2CCCNCC2)c2ccc(Br)cc2n1. The average Bonchev–Trinajstić information content (AvgIpc) is 2.65. The van der Waals surface area contributed by atoms with Crippen molar-refractivity contribution in [2.24, 2.45) is 0 Å². The quantitative estimate of drug-likeness (QED) is 0.873. The monoisotopic (exact) mass is 319 g/mol. The number of rotatable bonds is 1. The van der Waals surface area contributed by atoms with E-state index in [0.717, 1.165) is 28.9 Å². The van der Waals surface area contributed by atoms with Crippen molar-refractivity contribution in [1.82, 2.24) is 15.3 Å². The summed E-state index contributed by atoms with van der Waals surface area (Å²) >= 11 is 3.52. The second kappa shape index (κ2) is 5.55. The lowest BCUT2D eigenvalue weighted by molar-refractivity contribution is 0.595. The van der Waals surface area contributed by atoms with Crippen molar-refractivity contribution in [3.05, 3.63) is 34.2 Å². The molecule has 1 aliphatic rings. The van der Waals surface area contributed by atoms with Crippen molar-refractivity contribution in [2.45, 2.75) is 32.1 Å². The summed E-state index contributed by atoms with van der Waals surface area (Å²) in [5.41, 5.74) is 2.28. The minimum atomic E-state index is 0.556. The highest BCUT2D eigenvalue weighted by Crippen LogP contribution is 2.31. The van der Waals surface area contributed by atoms with Gasteiger partial charge in [0.25, 0.3) is 0 Å². The van der Waals surface area contributed by atoms with Crippen molar-refractivity contribution in [3.8, 4) is 0 Å². The number of benzene rings is 1. The molecule has 1 fully saturated rings. The Labute approximate surface area is 122 Å². The zero-order valence-electron chi connectivity index (χ0n) is 11.1. The van der Waals surface area contributed by atoms with Gasteiger partial charge in [-0.25, -0.2) is 9.97 Å². The van der Waals surface area contributed by atoms with Crippen LogP contribution in [0.25, 0.3) is 10.9 Å². The van der Waals surface area contributed by atoms with E-state index in [1.807, 2.05) is 6.92 Å². The van der Waals surface area contributed by atoms with Gasteiger partial charge in [0, 0.05) is 15.8 Å². The van der Waals surface area contributed by atoms with Crippen LogP contribution in [0.5, 0.6) is 0 Å². The minimum Gasteiger partial charge on any atom is -0.317 e. The molecule has 0 amide bonds. The highest BCUT2D eigenvalue weighted by molar-refractivity contribution is 9.10. The van der Waals surface area contributed by atoms with E-state index in [4.69, 9.17) is 4.98 Å². The van der Waals surface area contributed by atoms with E-state index in [1.54, 1.807) is 0 Å². The molecule has 3 rings (SSSR count). The lowest BCUT2D eigenvalue weighted by Crippen LogP contribution is -2.14. The summed E-state index contributed by atoms with van der Waals surface area (Å²) < 4.78 is 1.08. The molecule has 1 unspecified atom stereocenters. The van der Waals surface area contributed by atoms with Crippen molar-refractivity contribution in [2.75, 3.05) is 13.1 Å². The van der Waals surface area contributed by atoms with Gasteiger partial charge in [-0.1, -0.05) is 15.9 Å². The molecule has 19 heavy (non-hydrogen) atoms. The summed E-state index contributed by atoms with van der Waals surface area (Å²) in [7, 11) is 0. The number of halogens is 1. The van der Waals surface area contributed by atoms with Crippen LogP contribution < -0.4 is 5.32 Å². The Morgan fingerprint density at radius 2 is 2.11 bits per heavy atom. The van der Waals surface area contributed by atoms with Crippen LogP contribution in [-0.4, -0.2) is 23.1 Å². The van der Waals surface area contributed by atoms with Crippen LogP contribution in [0, 0.1) is 6.92 Å². The lowest BCUT2D eigenvalue weighted by atomic mass is 9.93. The third-order valence-electron chi connectivity index (χ3n) is 3.76. The second-order valence-electron chi connectivity index (χ2n) is 5.20. The number of fused-ring (bicyclic) bond motifs is 1. The van der Waals surface area contributed by atoms with Crippen molar-refractivity contribution in [1.29, 1.82) is 0 Å². The van der Waals surface area contributed by atoms with E-state index >= 15 is 0 Å². The van der Waals surface area contributed by atoms with Crippen molar-refractivity contribution in [3.63, 3.8) is 0 Å². The zero-order chi connectivity index (χ0) is 13.2. The van der Waals surface area contributed by atoms with Crippen LogP contribution in [0.1, 0.15) is 36.7 Å². The normalized spacial score (nSPS) is 20.4. The first-order chi connectivity index (χ1) is 9.24. The van der Waals surface area contributed by atoms with Gasteiger partial charge in [0.1, 0.15) is 5.82 Å². The number of hydrogen-bond donors (Lipinski definition) is 1. The molecule has 1 saturated heterocycles. The van der Waals surface area contributed by atoms with Gasteiger partial charge < -0.3 is 5.32 Å². The number of hydrogen-bond acceptors (Lipinski definition) is 3. The van der Waals surface area contributed by atoms with E-state index in [1.165, 1.54) is 30.3 Å². The van der Waals surface area contributed by atoms with E-state index in [9.17, 15) is 0 Å². The van der Waals surface area contributed by atoms with E-state index in [2.05, 4.69) is 44.4 Å². The van der Waals surface area contributed by atoms with E-state index < -0.39 is 0 Å². The Kier molecular flexibility index (Phi) is 3.80. The first-order valence-corrected chi connectivity index (χ1v) is 7.68. The molecule has 0 aliphatic carbocycles. The Hall–Kier alpha value is -1.00. The largest absolute Gasteiger partial charge is 0.317 e. The minimum absolute atomic E-state index is 0.556. The number of nitrogens with one attached hydrogen (secondary N) is 1. The molecule has 0 bridgehead atoms. The molecule has 0 spiro atoms. The maximum absolute atomic E-state index is 4.74. The Morgan fingerprint density at radius 3 is 3.00 bits per heavy atom. The predicted molar refractivity (Wildman–Crippen MR) is 81.4 cm³/mol. The van der Waals surface area contributed by atoms with Gasteiger partial charge >= 0.3 is 0 Å². The number of aryl methyl sites for hydroxylation is 1. The Morgan fingerprint density at radius 1 is 1.21 bits per heavy atom. The van der Waals surface area contributed by atoms with Gasteiger partial charge in [0.2, 0.25) is 0 Å². The molecule has 4 heteroatoms. The van der Waals surface area contributed by atoms with Gasteiger partial charge in [-0.2, -0.15) is 0 Å². The maximum Gasteiger partial charge on any atom is 0.126 e. The molecule has 1 aromatic heterocycles. The lowest BCUT2D eigenvalue weighted by Gasteiger charge is -2.16. The summed E-state index contributed by atoms with van der Waals surface area (Å²) in [6, 6.07) is 6.31. The van der Waals surface area contributed by atoms with Crippen LogP contribution in [0.15, 0.2) is 22.7 Å². The van der Waals surface area contributed by atoms with Gasteiger partial charge in [-0.05, 0) is 57.5 Å². The molecule has 0 saturated carbocycles. The molecule has 1 aromatic carbocycles. The highest BCUT2D eigenvalue weighted by atomic mass is 79.9. The van der Waals surface area contributed by atoms with Crippen LogP contribution >= 0.6 is 15.9 Å². The fourth-order valence-electron chi connectivity index (χ4n) is 2.85. The summed E-state index contributed by atoms with van der Waals surface area (Å²) in [6.07, 6.45) is 3.61. The third-order valence-corrected chi connectivity index (χ3v) is 4.26. The first kappa shape index (κ1) is 13.0. The van der Waals surface area contributed by atoms with Crippen molar-refractivity contribution < 1.29 is 0 Å². The molecule has 100 valence electrons. The standard InChI is InChI=1S/C15H18BrN3/c1-10-18-14-9-12(16)4-5-13(14)15(19-10)11-3-2-7-17-8-6-11/h4-5,9,11,17H,2-3,6-8H2,1H3. The molecule has 1 aliphatic heterocycles. The smallest absolute Gasteiger partial charge is 0.126 e. The summed E-state index contributed by atoms with van der Waals surface area (Å²) in [5, 5.41) is 4.68. The first-order valence-electron chi connectivity index (χ1n) is 6.88. The summed E-state index contributed by atoms with van der Waals surface area (Å²) in [5.74, 6) is 1.43. The summed E-state index contributed by atoms with van der Waals surface area (Å²) in [6.45, 7) is 4.20. The number of nitrogens with zero attached hydrogens (tertiary/aromatic N) is 2. The Balaban J connectivity index is 2.10. The van der Waals surface area contributed by atoms with Gasteiger partial charge in [0.05, 0.1) is 11.2 Å². The number of aromatic nitrogens is 2. The fraction of sp³-hybridized carbons (Fsp3) is 0.467. The molecule has 1 atom stereocenters. The molecular weight excluding hydrogens is 302 g/mol. The van der Waals surface area contributed by atoms with Crippen LogP contribution in [0.2, 0.25) is 0 Å². The van der Waals surface area contributed by atoms with E-state index in [0.29, 0.717) is 5.92 Å². The van der Waals surface area contributed by atoms with Crippen LogP contribution in [0.3, 0.4) is 0 Å². The van der Waals surface area contributed by atoms with Crippen molar-refractivity contribution >= 4 is 26.8 Å². The predicted octanol–water partition coefficient (Wildman–Crippen LogP) is 3.56. The fourth-order valence-corrected chi connectivity index (χ4v) is 3.20. The highest BCUT2D eigenvalue weighted by Gasteiger charge is 2.19. The second-order valence-corrected chi connectivity index (χ2v) is 6.11. The van der Waals surface area contributed by atoms with E-state index in [-0.39, 0.29) is 0 Å². The Bertz CT molecular complexity index is 584. The van der Waals surface area contributed by atoms with Crippen LogP contribution in [0.4, 0.5) is 0 Å². The van der Waals surface area contributed by atoms with Gasteiger partial charge in [-0.15, -0.1) is 0 Å². The van der Waals surface area contributed by atoms with Crippen LogP contribution in [-0.2, 0) is 0 Å². The van der Waals surface area contributed by atoms with Gasteiger partial charge in [0.15, 0.2) is 0 Å². The molecule has 3 nitrogen and oxygen atoms in total. The average molecular weight is 320 g/mol. The molecule has 2 heterocycles. The molecule has 2 aromatic rings.